The van der Waals surface area contributed by atoms with Gasteiger partial charge in [-0.05, 0) is 46.6 Å². The van der Waals surface area contributed by atoms with E-state index in [0.717, 1.165) is 40.0 Å². The molecule has 2 aliphatic rings. The first kappa shape index (κ1) is 25.9. The van der Waals surface area contributed by atoms with E-state index in [9.17, 15) is 26.4 Å². The highest BCUT2D eigenvalue weighted by atomic mass is 32.2. The van der Waals surface area contributed by atoms with Crippen LogP contribution >= 0.6 is 0 Å². The van der Waals surface area contributed by atoms with E-state index in [0.29, 0.717) is 38.7 Å². The molecule has 0 bridgehead atoms. The van der Waals surface area contributed by atoms with Crippen LogP contribution in [0.3, 0.4) is 0 Å². The highest BCUT2D eigenvalue weighted by molar-refractivity contribution is 7.89. The average molecular weight is 492 g/mol. The molecule has 1 saturated heterocycles. The lowest BCUT2D eigenvalue weighted by Gasteiger charge is -2.33. The minimum absolute atomic E-state index is 0.0690. The smallest absolute Gasteiger partial charge is 0.244 e. The molecule has 0 radical (unpaired) electrons. The summed E-state index contributed by atoms with van der Waals surface area (Å²) in [5.41, 5.74) is -0.992. The summed E-state index contributed by atoms with van der Waals surface area (Å²) in [6.07, 6.45) is 2.21. The Labute approximate surface area is 193 Å². The highest BCUT2D eigenvalue weighted by Gasteiger charge is 2.32. The first-order valence-electron chi connectivity index (χ1n) is 11.2. The second-order valence-corrected chi connectivity index (χ2v) is 10.6. The number of carbonyl (C=O) groups is 1. The third-order valence-corrected chi connectivity index (χ3v) is 8.18. The van der Waals surface area contributed by atoms with Crippen molar-refractivity contribution in [2.24, 2.45) is 0 Å². The Bertz CT molecular complexity index is 945. The molecule has 0 spiro atoms. The zero-order chi connectivity index (χ0) is 24.3. The Balaban J connectivity index is 1.48. The number of ether oxygens (including phenoxy) is 1. The number of halogens is 3. The van der Waals surface area contributed by atoms with Crippen LogP contribution in [0.25, 0.3) is 0 Å². The quantitative estimate of drug-likeness (QED) is 0.593. The maximum atomic E-state index is 14.4. The Morgan fingerprint density at radius 3 is 2.18 bits per heavy atom. The van der Waals surface area contributed by atoms with Crippen molar-refractivity contribution >= 4 is 15.9 Å². The molecule has 33 heavy (non-hydrogen) atoms. The van der Waals surface area contributed by atoms with E-state index < -0.39 is 49.5 Å². The van der Waals surface area contributed by atoms with E-state index >= 15 is 0 Å². The second kappa shape index (κ2) is 10.7. The molecule has 0 aromatic heterocycles. The molecule has 1 aliphatic carbocycles. The van der Waals surface area contributed by atoms with Crippen LogP contribution in [-0.4, -0.2) is 76.1 Å². The lowest BCUT2D eigenvalue weighted by atomic mass is 9.94. The summed E-state index contributed by atoms with van der Waals surface area (Å²) in [5, 5.41) is 0. The summed E-state index contributed by atoms with van der Waals surface area (Å²) in [7, 11) is -2.42. The van der Waals surface area contributed by atoms with Gasteiger partial charge in [0.05, 0.1) is 19.1 Å². The van der Waals surface area contributed by atoms with Gasteiger partial charge in [-0.25, -0.2) is 26.3 Å². The Morgan fingerprint density at radius 1 is 0.970 bits per heavy atom. The molecule has 3 rings (SSSR count). The van der Waals surface area contributed by atoms with Crippen LogP contribution in [-0.2, 0) is 19.6 Å². The monoisotopic (exact) mass is 491 g/mol. The molecule has 1 aromatic rings. The zero-order valence-electron chi connectivity index (χ0n) is 19.3. The van der Waals surface area contributed by atoms with Crippen molar-refractivity contribution in [3.8, 4) is 0 Å². The van der Waals surface area contributed by atoms with Crippen LogP contribution in [0, 0.1) is 31.3 Å². The molecule has 1 amide bonds. The van der Waals surface area contributed by atoms with Gasteiger partial charge in [-0.1, -0.05) is 0 Å². The van der Waals surface area contributed by atoms with Crippen molar-refractivity contribution in [1.82, 2.24) is 14.5 Å². The van der Waals surface area contributed by atoms with Gasteiger partial charge in [-0.2, -0.15) is 0 Å². The highest BCUT2D eigenvalue weighted by Crippen LogP contribution is 2.29. The van der Waals surface area contributed by atoms with Crippen LogP contribution in [0.2, 0.25) is 0 Å². The normalized spacial score (nSPS) is 22.5. The van der Waals surface area contributed by atoms with Crippen LogP contribution in [0.1, 0.15) is 43.2 Å². The number of sulfonamides is 1. The molecule has 11 heteroatoms. The average Bonchev–Trinajstić information content (AvgIpc) is 2.77. The van der Waals surface area contributed by atoms with Crippen LogP contribution in [0.15, 0.2) is 4.90 Å². The molecule has 1 heterocycles. The fraction of sp³-hybridized carbons (Fsp3) is 0.682. The fourth-order valence-corrected chi connectivity index (χ4v) is 5.99. The Kier molecular flexibility index (Phi) is 8.41. The van der Waals surface area contributed by atoms with E-state index in [1.165, 1.54) is 0 Å². The van der Waals surface area contributed by atoms with Crippen LogP contribution in [0.5, 0.6) is 0 Å². The minimum Gasteiger partial charge on any atom is -0.378 e. The van der Waals surface area contributed by atoms with E-state index in [-0.39, 0.29) is 12.0 Å². The molecule has 1 aliphatic heterocycles. The first-order chi connectivity index (χ1) is 15.5. The molecule has 186 valence electrons. The predicted octanol–water partition coefficient (Wildman–Crippen LogP) is 2.49. The van der Waals surface area contributed by atoms with Crippen molar-refractivity contribution in [1.29, 1.82) is 0 Å². The number of likely N-dealkylation sites (N-methyl/N-ethyl adjacent to an activating group) is 1. The number of amides is 1. The number of hydrogen-bond donors (Lipinski definition) is 1. The Hall–Kier alpha value is -1.69. The van der Waals surface area contributed by atoms with E-state index in [1.807, 2.05) is 11.9 Å². The predicted molar refractivity (Wildman–Crippen MR) is 117 cm³/mol. The molecule has 1 saturated carbocycles. The van der Waals surface area contributed by atoms with Crippen molar-refractivity contribution in [3.63, 3.8) is 0 Å². The molecular formula is C22H32F3N3O4S. The summed E-state index contributed by atoms with van der Waals surface area (Å²) in [6, 6.07) is -0.493. The fourth-order valence-electron chi connectivity index (χ4n) is 4.38. The van der Waals surface area contributed by atoms with Gasteiger partial charge < -0.3 is 14.5 Å². The van der Waals surface area contributed by atoms with Crippen LogP contribution in [0.4, 0.5) is 13.2 Å². The van der Waals surface area contributed by atoms with Gasteiger partial charge in [0.25, 0.3) is 0 Å². The SMILES string of the molecule is Cc1c(F)c(C)c(S(=O)(=O)NC2CCC(OCCC(=O)N3CCN(C)CC3)CC2)c(F)c1F. The largest absolute Gasteiger partial charge is 0.378 e. The first-order valence-corrected chi connectivity index (χ1v) is 12.7. The van der Waals surface area contributed by atoms with Gasteiger partial charge >= 0.3 is 0 Å². The summed E-state index contributed by atoms with van der Waals surface area (Å²) in [6.45, 7) is 5.64. The third-order valence-electron chi connectivity index (χ3n) is 6.51. The molecule has 0 unspecified atom stereocenters. The van der Waals surface area contributed by atoms with Gasteiger partial charge in [-0.15, -0.1) is 0 Å². The molecule has 1 N–H and O–H groups in total. The molecule has 0 atom stereocenters. The van der Waals surface area contributed by atoms with Gasteiger partial charge in [0.1, 0.15) is 10.7 Å². The van der Waals surface area contributed by atoms with E-state index in [2.05, 4.69) is 9.62 Å². The maximum absolute atomic E-state index is 14.4. The number of hydrogen-bond acceptors (Lipinski definition) is 5. The number of nitrogens with one attached hydrogen (secondary N) is 1. The van der Waals surface area contributed by atoms with Gasteiger partial charge in [0.2, 0.25) is 15.9 Å². The number of benzene rings is 1. The molecule has 1 aromatic carbocycles. The number of piperazine rings is 1. The summed E-state index contributed by atoms with van der Waals surface area (Å²) >= 11 is 0. The van der Waals surface area contributed by atoms with Crippen molar-refractivity contribution in [3.05, 3.63) is 28.6 Å². The summed E-state index contributed by atoms with van der Waals surface area (Å²) in [4.78, 5) is 15.3. The lowest BCUT2D eigenvalue weighted by molar-refractivity contribution is -0.134. The van der Waals surface area contributed by atoms with Gasteiger partial charge in [0, 0.05) is 43.3 Å². The van der Waals surface area contributed by atoms with Crippen molar-refractivity contribution in [2.45, 2.75) is 63.0 Å². The number of rotatable bonds is 7. The number of nitrogens with zero attached hydrogens (tertiary/aromatic N) is 2. The Morgan fingerprint density at radius 2 is 1.58 bits per heavy atom. The minimum atomic E-state index is -4.44. The van der Waals surface area contributed by atoms with Gasteiger partial charge in [0.15, 0.2) is 11.6 Å². The van der Waals surface area contributed by atoms with Gasteiger partial charge in [-0.3, -0.25) is 4.79 Å². The maximum Gasteiger partial charge on any atom is 0.244 e. The standard InChI is InChI=1S/C22H32F3N3O4S/c1-14-19(23)15(2)22(21(25)20(14)24)33(30,31)26-16-4-6-17(7-5-16)32-13-8-18(29)28-11-9-27(3)10-12-28/h16-17,26H,4-13H2,1-3H3. The van der Waals surface area contributed by atoms with Crippen LogP contribution < -0.4 is 4.72 Å². The summed E-state index contributed by atoms with van der Waals surface area (Å²) in [5.74, 6) is -4.07. The molecular weight excluding hydrogens is 459 g/mol. The topological polar surface area (TPSA) is 78.9 Å². The molecule has 7 nitrogen and oxygen atoms in total. The number of carbonyl (C=O) groups excluding carboxylic acids is 1. The van der Waals surface area contributed by atoms with Crippen molar-refractivity contribution < 1.29 is 31.1 Å². The van der Waals surface area contributed by atoms with Crippen molar-refractivity contribution in [2.75, 3.05) is 39.8 Å². The third kappa shape index (κ3) is 6.06. The molecule has 2 fully saturated rings. The zero-order valence-corrected chi connectivity index (χ0v) is 20.1. The lowest BCUT2D eigenvalue weighted by Crippen LogP contribution is -2.47. The summed E-state index contributed by atoms with van der Waals surface area (Å²) < 4.78 is 76.1. The van der Waals surface area contributed by atoms with E-state index in [4.69, 9.17) is 4.74 Å². The van der Waals surface area contributed by atoms with E-state index in [1.54, 1.807) is 0 Å². The second-order valence-electron chi connectivity index (χ2n) is 8.92.